The number of nitrogens with one attached hydrogen (secondary N) is 1. The van der Waals surface area contributed by atoms with Gasteiger partial charge in [0.05, 0.1) is 14.2 Å². The van der Waals surface area contributed by atoms with E-state index in [9.17, 15) is 0 Å². The molecule has 4 heteroatoms. The summed E-state index contributed by atoms with van der Waals surface area (Å²) in [5.41, 5.74) is 2.30. The van der Waals surface area contributed by atoms with Gasteiger partial charge in [0.15, 0.2) is 0 Å². The van der Waals surface area contributed by atoms with Gasteiger partial charge < -0.3 is 14.8 Å². The predicted molar refractivity (Wildman–Crippen MR) is 86.3 cm³/mol. The first kappa shape index (κ1) is 15.7. The molecule has 2 aromatic carbocycles. The van der Waals surface area contributed by atoms with Crippen LogP contribution in [-0.2, 0) is 6.54 Å². The van der Waals surface area contributed by atoms with Crippen molar-refractivity contribution in [2.75, 3.05) is 14.2 Å². The van der Waals surface area contributed by atoms with E-state index in [0.717, 1.165) is 28.6 Å². The molecule has 2 rings (SSSR count). The zero-order chi connectivity index (χ0) is 15.2. The lowest BCUT2D eigenvalue weighted by atomic mass is 10.1. The molecule has 112 valence electrons. The average Bonchev–Trinajstić information content (AvgIpc) is 2.53. The number of ether oxygens (including phenoxy) is 2. The van der Waals surface area contributed by atoms with Crippen LogP contribution in [0.3, 0.4) is 0 Å². The molecule has 3 nitrogen and oxygen atoms in total. The fraction of sp³-hybridized carbons (Fsp3) is 0.294. The summed E-state index contributed by atoms with van der Waals surface area (Å²) in [6.07, 6.45) is 0. The van der Waals surface area contributed by atoms with Gasteiger partial charge in [0.1, 0.15) is 11.5 Å². The molecule has 1 atom stereocenters. The minimum Gasteiger partial charge on any atom is -0.497 e. The Morgan fingerprint density at radius 2 is 1.76 bits per heavy atom. The predicted octanol–water partition coefficient (Wildman–Crippen LogP) is 4.21. The number of halogens is 1. The van der Waals surface area contributed by atoms with Crippen LogP contribution in [0, 0.1) is 0 Å². The summed E-state index contributed by atoms with van der Waals surface area (Å²) in [7, 11) is 3.32. The van der Waals surface area contributed by atoms with E-state index in [1.54, 1.807) is 14.2 Å². The molecule has 0 saturated carbocycles. The Hall–Kier alpha value is -1.71. The van der Waals surface area contributed by atoms with Gasteiger partial charge in [-0.15, -0.1) is 0 Å². The normalized spacial score (nSPS) is 12.0. The Labute approximate surface area is 130 Å². The Kier molecular flexibility index (Phi) is 5.48. The molecule has 0 heterocycles. The highest BCUT2D eigenvalue weighted by Crippen LogP contribution is 2.25. The molecule has 0 saturated heterocycles. The lowest BCUT2D eigenvalue weighted by Gasteiger charge is -2.16. The molecule has 0 spiro atoms. The standard InChI is InChI=1S/C17H20ClNO2/c1-12(13-4-7-15(18)8-5-13)19-11-14-6-9-16(20-2)10-17(14)21-3/h4-10,12,19H,11H2,1-3H3/t12-/m0/s1. The van der Waals surface area contributed by atoms with Crippen LogP contribution < -0.4 is 14.8 Å². The highest BCUT2D eigenvalue weighted by Gasteiger charge is 2.08. The fourth-order valence-electron chi connectivity index (χ4n) is 2.13. The number of benzene rings is 2. The van der Waals surface area contributed by atoms with Crippen LogP contribution in [0.1, 0.15) is 24.1 Å². The lowest BCUT2D eigenvalue weighted by molar-refractivity contribution is 0.389. The molecule has 0 fully saturated rings. The van der Waals surface area contributed by atoms with Gasteiger partial charge in [-0.25, -0.2) is 0 Å². The Morgan fingerprint density at radius 1 is 1.05 bits per heavy atom. The first-order valence-corrected chi connectivity index (χ1v) is 7.21. The van der Waals surface area contributed by atoms with Crippen molar-refractivity contribution in [3.63, 3.8) is 0 Å². The maximum Gasteiger partial charge on any atom is 0.127 e. The summed E-state index contributed by atoms with van der Waals surface area (Å²) in [5.74, 6) is 1.62. The molecule has 0 aliphatic carbocycles. The highest BCUT2D eigenvalue weighted by molar-refractivity contribution is 6.30. The zero-order valence-corrected chi connectivity index (χ0v) is 13.3. The van der Waals surface area contributed by atoms with Crippen molar-refractivity contribution in [2.45, 2.75) is 19.5 Å². The van der Waals surface area contributed by atoms with E-state index >= 15 is 0 Å². The van der Waals surface area contributed by atoms with Crippen LogP contribution in [-0.4, -0.2) is 14.2 Å². The first-order valence-electron chi connectivity index (χ1n) is 6.83. The van der Waals surface area contributed by atoms with Gasteiger partial charge >= 0.3 is 0 Å². The van der Waals surface area contributed by atoms with Crippen LogP contribution in [0.4, 0.5) is 0 Å². The number of rotatable bonds is 6. The second kappa shape index (κ2) is 7.34. The maximum absolute atomic E-state index is 5.91. The molecule has 1 N–H and O–H groups in total. The molecule has 0 aliphatic heterocycles. The number of hydrogen-bond acceptors (Lipinski definition) is 3. The third kappa shape index (κ3) is 4.13. The van der Waals surface area contributed by atoms with E-state index < -0.39 is 0 Å². The maximum atomic E-state index is 5.91. The van der Waals surface area contributed by atoms with Gasteiger partial charge in [0, 0.05) is 29.2 Å². The number of methoxy groups -OCH3 is 2. The molecular formula is C17H20ClNO2. The van der Waals surface area contributed by atoms with Crippen LogP contribution in [0.25, 0.3) is 0 Å². The molecule has 2 aromatic rings. The van der Waals surface area contributed by atoms with Gasteiger partial charge in [-0.3, -0.25) is 0 Å². The zero-order valence-electron chi connectivity index (χ0n) is 12.5. The van der Waals surface area contributed by atoms with Gasteiger partial charge in [-0.2, -0.15) is 0 Å². The molecule has 0 amide bonds. The average molecular weight is 306 g/mol. The summed E-state index contributed by atoms with van der Waals surface area (Å²) < 4.78 is 10.6. The van der Waals surface area contributed by atoms with E-state index in [1.807, 2.05) is 42.5 Å². The van der Waals surface area contributed by atoms with Crippen molar-refractivity contribution in [3.8, 4) is 11.5 Å². The summed E-state index contributed by atoms with van der Waals surface area (Å²) in [4.78, 5) is 0. The molecular weight excluding hydrogens is 286 g/mol. The van der Waals surface area contributed by atoms with Crippen molar-refractivity contribution in [1.82, 2.24) is 5.32 Å². The second-order valence-corrected chi connectivity index (χ2v) is 5.27. The van der Waals surface area contributed by atoms with Crippen LogP contribution in [0.15, 0.2) is 42.5 Å². The largest absolute Gasteiger partial charge is 0.497 e. The van der Waals surface area contributed by atoms with Crippen molar-refractivity contribution >= 4 is 11.6 Å². The Morgan fingerprint density at radius 3 is 2.38 bits per heavy atom. The van der Waals surface area contributed by atoms with Gasteiger partial charge in [0.25, 0.3) is 0 Å². The smallest absolute Gasteiger partial charge is 0.127 e. The first-order chi connectivity index (χ1) is 10.1. The molecule has 0 aliphatic rings. The number of hydrogen-bond donors (Lipinski definition) is 1. The second-order valence-electron chi connectivity index (χ2n) is 4.83. The molecule has 0 unspecified atom stereocenters. The van der Waals surface area contributed by atoms with Crippen molar-refractivity contribution in [3.05, 3.63) is 58.6 Å². The summed E-state index contributed by atoms with van der Waals surface area (Å²) in [5, 5.41) is 4.24. The van der Waals surface area contributed by atoms with Crippen molar-refractivity contribution in [2.24, 2.45) is 0 Å². The lowest BCUT2D eigenvalue weighted by Crippen LogP contribution is -2.18. The molecule has 0 aromatic heterocycles. The molecule has 0 bridgehead atoms. The van der Waals surface area contributed by atoms with Crippen LogP contribution in [0.2, 0.25) is 5.02 Å². The topological polar surface area (TPSA) is 30.5 Å². The van der Waals surface area contributed by atoms with Gasteiger partial charge in [0.2, 0.25) is 0 Å². The summed E-state index contributed by atoms with van der Waals surface area (Å²) in [6.45, 7) is 2.84. The van der Waals surface area contributed by atoms with Crippen molar-refractivity contribution in [1.29, 1.82) is 0 Å². The summed E-state index contributed by atoms with van der Waals surface area (Å²) in [6, 6.07) is 14.0. The van der Waals surface area contributed by atoms with Gasteiger partial charge in [-0.1, -0.05) is 29.8 Å². The molecule has 21 heavy (non-hydrogen) atoms. The Bertz CT molecular complexity index is 584. The highest BCUT2D eigenvalue weighted by atomic mass is 35.5. The minimum absolute atomic E-state index is 0.231. The third-order valence-corrected chi connectivity index (χ3v) is 3.71. The third-order valence-electron chi connectivity index (χ3n) is 3.46. The van der Waals surface area contributed by atoms with E-state index in [0.29, 0.717) is 0 Å². The van der Waals surface area contributed by atoms with E-state index in [2.05, 4.69) is 12.2 Å². The van der Waals surface area contributed by atoms with Crippen molar-refractivity contribution < 1.29 is 9.47 Å². The van der Waals surface area contributed by atoms with Crippen LogP contribution in [0.5, 0.6) is 11.5 Å². The fourth-order valence-corrected chi connectivity index (χ4v) is 2.26. The monoisotopic (exact) mass is 305 g/mol. The Balaban J connectivity index is 2.03. The SMILES string of the molecule is COc1ccc(CN[C@@H](C)c2ccc(Cl)cc2)c(OC)c1. The van der Waals surface area contributed by atoms with Crippen LogP contribution >= 0.6 is 11.6 Å². The van der Waals surface area contributed by atoms with E-state index in [4.69, 9.17) is 21.1 Å². The minimum atomic E-state index is 0.231. The van der Waals surface area contributed by atoms with Gasteiger partial charge in [-0.05, 0) is 30.7 Å². The van der Waals surface area contributed by atoms with E-state index in [-0.39, 0.29) is 6.04 Å². The molecule has 0 radical (unpaired) electrons. The van der Waals surface area contributed by atoms with E-state index in [1.165, 1.54) is 5.56 Å². The summed E-state index contributed by atoms with van der Waals surface area (Å²) >= 11 is 5.91. The quantitative estimate of drug-likeness (QED) is 0.867.